The molecule has 8 bridgehead atoms. The summed E-state index contributed by atoms with van der Waals surface area (Å²) in [6.07, 6.45) is -12.1. The largest absolute Gasteiger partial charge is 0.460 e. The van der Waals surface area contributed by atoms with Crippen LogP contribution < -0.4 is 19.3 Å². The van der Waals surface area contributed by atoms with E-state index < -0.39 is 145 Å². The lowest BCUT2D eigenvalue weighted by Gasteiger charge is -2.61. The van der Waals surface area contributed by atoms with Crippen molar-refractivity contribution in [3.63, 3.8) is 0 Å². The minimum Gasteiger partial charge on any atom is -0.457 e. The predicted octanol–water partition coefficient (Wildman–Crippen LogP) is 14.5. The third kappa shape index (κ3) is 10.2. The van der Waals surface area contributed by atoms with Gasteiger partial charge in [-0.3, -0.25) is 0 Å². The lowest BCUT2D eigenvalue weighted by atomic mass is 9.52. The molecule has 10 rings (SSSR count). The smallest absolute Gasteiger partial charge is 0.457 e. The summed E-state index contributed by atoms with van der Waals surface area (Å²) in [7, 11) is 0. The lowest BCUT2D eigenvalue weighted by Crippen LogP contribution is -2.65. The van der Waals surface area contributed by atoms with Crippen LogP contribution in [0.4, 0.5) is 126 Å². The van der Waals surface area contributed by atoms with Gasteiger partial charge in [-0.2, -0.15) is 114 Å². The number of nitrogens with zero attached hydrogens (tertiary/aromatic N) is 6. The predicted molar refractivity (Wildman–Crippen MR) is 222 cm³/mol. The lowest BCUT2D eigenvalue weighted by molar-refractivity contribution is -0.396. The van der Waals surface area contributed by atoms with Crippen molar-refractivity contribution in [3.8, 4) is 12.0 Å². The first kappa shape index (κ1) is 61.6. The molecular formula is C46H46F26N6O2. The minimum absolute atomic E-state index is 0.0952. The van der Waals surface area contributed by atoms with Crippen LogP contribution in [0.25, 0.3) is 0 Å². The summed E-state index contributed by atoms with van der Waals surface area (Å²) in [6.45, 7) is -8.58. The third-order valence-corrected chi connectivity index (χ3v) is 16.8. The quantitative estimate of drug-likeness (QED) is 0.102. The number of rotatable bonds is 23. The molecule has 0 N–H and O–H groups in total. The number of aromatic nitrogens is 4. The average Bonchev–Trinajstić information content (AvgIpc) is 3.41. The van der Waals surface area contributed by atoms with Gasteiger partial charge in [-0.05, 0) is 113 Å². The molecule has 8 aliphatic rings. The van der Waals surface area contributed by atoms with Gasteiger partial charge in [0, 0.05) is 37.0 Å². The average molecular weight is 1210 g/mol. The fourth-order valence-corrected chi connectivity index (χ4v) is 13.7. The van der Waals surface area contributed by atoms with E-state index in [1.165, 1.54) is 0 Å². The zero-order valence-corrected chi connectivity index (χ0v) is 40.8. The highest BCUT2D eigenvalue weighted by Crippen LogP contribution is 2.62. The van der Waals surface area contributed by atoms with Crippen LogP contribution in [0.2, 0.25) is 0 Å². The molecule has 0 spiro atoms. The van der Waals surface area contributed by atoms with Gasteiger partial charge in [-0.25, -0.2) is 19.9 Å². The van der Waals surface area contributed by atoms with Gasteiger partial charge < -0.3 is 19.3 Å². The van der Waals surface area contributed by atoms with Crippen LogP contribution in [0.15, 0.2) is 24.8 Å². The standard InChI is InChI=1S/C46H46F26N6O2/c47-35(48,39(55,56)43(63,64)45(67,68)69)1-3-77(33-11-23-5-24(12-33)7-25(6-23)13-33)29-17-73-31(74-18-29)79-21-37(51,52)41(59,60)42(61,62)38(53,54)22-80-32-75-19-30(20-76-32)78(34-14-26-8-27(15-34)10-28(9-26)16-34)4-2-36(49,50)40(57,58)44(65,66)46(70,71)72/h17-20,23-28H,1-16,21-22H2. The topological polar surface area (TPSA) is 76.5 Å². The van der Waals surface area contributed by atoms with Crippen molar-refractivity contribution in [1.82, 2.24) is 19.9 Å². The van der Waals surface area contributed by atoms with Crippen molar-refractivity contribution in [2.45, 2.75) is 173 Å². The molecular weight excluding hydrogens is 1160 g/mol. The molecule has 8 saturated carbocycles. The number of hydrogen-bond acceptors (Lipinski definition) is 8. The molecule has 8 nitrogen and oxygen atoms in total. The molecule has 34 heteroatoms. The molecule has 8 fully saturated rings. The van der Waals surface area contributed by atoms with Crippen molar-refractivity contribution in [2.75, 3.05) is 36.1 Å². The molecule has 0 amide bonds. The highest BCUT2D eigenvalue weighted by molar-refractivity contribution is 5.48. The molecule has 0 unspecified atom stereocenters. The Balaban J connectivity index is 0.943. The number of hydrogen-bond donors (Lipinski definition) is 0. The maximum absolute atomic E-state index is 15.0. The fourth-order valence-electron chi connectivity index (χ4n) is 13.7. The molecule has 0 saturated heterocycles. The highest BCUT2D eigenvalue weighted by Gasteiger charge is 2.84. The molecule has 2 aromatic heterocycles. The summed E-state index contributed by atoms with van der Waals surface area (Å²) < 4.78 is 378. The van der Waals surface area contributed by atoms with E-state index >= 15 is 35.1 Å². The van der Waals surface area contributed by atoms with Crippen molar-refractivity contribution in [3.05, 3.63) is 24.8 Å². The Bertz CT molecular complexity index is 2280. The Morgan fingerprint density at radius 1 is 0.350 bits per heavy atom. The van der Waals surface area contributed by atoms with Gasteiger partial charge in [-0.15, -0.1) is 0 Å². The maximum Gasteiger partial charge on any atom is 0.460 e. The SMILES string of the molecule is FC(F)(F)C(F)(F)C(F)(F)C(F)(F)CCN(c1cnc(OCC(F)(F)C(F)(F)C(F)(F)C(F)(F)COc2ncc(N(CCC(F)(F)C(F)(F)C(F)(F)C(F)(F)F)C34CC5CC(CC(C5)C3)C4)cn2)nc1)C12CC3CC(CC(C3)C1)C2. The minimum atomic E-state index is -7.22. The van der Waals surface area contributed by atoms with Crippen LogP contribution in [0.5, 0.6) is 12.0 Å². The Morgan fingerprint density at radius 3 is 0.800 bits per heavy atom. The summed E-state index contributed by atoms with van der Waals surface area (Å²) in [4.78, 5) is 15.5. The number of ether oxygens (including phenoxy) is 2. The summed E-state index contributed by atoms with van der Waals surface area (Å²) in [6, 6.07) is -2.82. The Labute approximate surface area is 435 Å². The van der Waals surface area contributed by atoms with E-state index in [1.807, 2.05) is 0 Å². The van der Waals surface area contributed by atoms with Gasteiger partial charge in [0.2, 0.25) is 0 Å². The summed E-state index contributed by atoms with van der Waals surface area (Å²) in [5.41, 5.74) is -3.47. The van der Waals surface area contributed by atoms with Crippen molar-refractivity contribution < 1.29 is 124 Å². The van der Waals surface area contributed by atoms with Gasteiger partial charge >= 0.3 is 83.6 Å². The summed E-state index contributed by atoms with van der Waals surface area (Å²) in [5, 5.41) is 0. The first-order valence-electron chi connectivity index (χ1n) is 24.6. The zero-order chi connectivity index (χ0) is 59.7. The van der Waals surface area contributed by atoms with Crippen LogP contribution in [-0.2, 0) is 0 Å². The van der Waals surface area contributed by atoms with E-state index in [0.717, 1.165) is 9.80 Å². The zero-order valence-electron chi connectivity index (χ0n) is 40.8. The van der Waals surface area contributed by atoms with Crippen molar-refractivity contribution in [2.24, 2.45) is 35.5 Å². The molecule has 80 heavy (non-hydrogen) atoms. The molecule has 2 heterocycles. The van der Waals surface area contributed by atoms with E-state index in [9.17, 15) is 79.0 Å². The Hall–Kier alpha value is -4.46. The van der Waals surface area contributed by atoms with Gasteiger partial charge in [0.1, 0.15) is 0 Å². The Kier molecular flexibility index (Phi) is 15.1. The summed E-state index contributed by atoms with van der Waals surface area (Å²) >= 11 is 0. The molecule has 0 atom stereocenters. The highest BCUT2D eigenvalue weighted by atomic mass is 19.4. The van der Waals surface area contributed by atoms with Crippen LogP contribution in [0.3, 0.4) is 0 Å². The van der Waals surface area contributed by atoms with E-state index in [0.29, 0.717) is 63.3 Å². The fraction of sp³-hybridized carbons (Fsp3) is 0.826. The van der Waals surface area contributed by atoms with Gasteiger partial charge in [0.25, 0.3) is 0 Å². The van der Waals surface area contributed by atoms with Gasteiger partial charge in [-0.1, -0.05) is 0 Å². The number of anilines is 2. The monoisotopic (exact) mass is 1210 g/mol. The third-order valence-electron chi connectivity index (χ3n) is 16.8. The van der Waals surface area contributed by atoms with Crippen LogP contribution in [0.1, 0.15) is 89.9 Å². The molecule has 0 aliphatic heterocycles. The Morgan fingerprint density at radius 2 is 0.575 bits per heavy atom. The van der Waals surface area contributed by atoms with E-state index in [2.05, 4.69) is 29.4 Å². The van der Waals surface area contributed by atoms with E-state index in [4.69, 9.17) is 0 Å². The van der Waals surface area contributed by atoms with Crippen LogP contribution in [0, 0.1) is 35.5 Å². The normalized spacial score (nSPS) is 27.9. The molecule has 2 aromatic rings. The second-order valence-electron chi connectivity index (χ2n) is 22.4. The second-order valence-corrected chi connectivity index (χ2v) is 22.4. The number of halogens is 26. The van der Waals surface area contributed by atoms with E-state index in [1.54, 1.807) is 0 Å². The second kappa shape index (κ2) is 19.6. The first-order chi connectivity index (χ1) is 36.3. The molecule has 8 aliphatic carbocycles. The van der Waals surface area contributed by atoms with Gasteiger partial charge in [0.05, 0.1) is 36.2 Å². The van der Waals surface area contributed by atoms with Crippen molar-refractivity contribution >= 4 is 11.4 Å². The summed E-state index contributed by atoms with van der Waals surface area (Å²) in [5.74, 6) is -67.9. The first-order valence-corrected chi connectivity index (χ1v) is 24.6. The molecule has 0 aromatic carbocycles. The van der Waals surface area contributed by atoms with Crippen LogP contribution in [-0.4, -0.2) is 129 Å². The number of alkyl halides is 26. The van der Waals surface area contributed by atoms with Crippen LogP contribution >= 0.6 is 0 Å². The molecule has 0 radical (unpaired) electrons. The van der Waals surface area contributed by atoms with E-state index in [-0.39, 0.29) is 74.0 Å². The molecule has 454 valence electrons. The van der Waals surface area contributed by atoms with Gasteiger partial charge in [0.15, 0.2) is 13.2 Å². The van der Waals surface area contributed by atoms with Crippen molar-refractivity contribution in [1.29, 1.82) is 0 Å². The maximum atomic E-state index is 15.0.